The van der Waals surface area contributed by atoms with Crippen molar-refractivity contribution < 1.29 is 0 Å². The molecule has 0 aliphatic carbocycles. The summed E-state index contributed by atoms with van der Waals surface area (Å²) in [6.45, 7) is 21.9. The Morgan fingerprint density at radius 1 is 0.957 bits per heavy atom. The highest BCUT2D eigenvalue weighted by atomic mass is 13.9. The van der Waals surface area contributed by atoms with Crippen LogP contribution in [0.3, 0.4) is 0 Å². The van der Waals surface area contributed by atoms with E-state index in [-0.39, 0.29) is 0 Å². The zero-order valence-corrected chi connectivity index (χ0v) is 16.7. The van der Waals surface area contributed by atoms with E-state index >= 15 is 0 Å². The van der Waals surface area contributed by atoms with Gasteiger partial charge in [0.1, 0.15) is 0 Å². The molecule has 0 saturated heterocycles. The minimum Gasteiger partial charge on any atom is -0.115 e. The van der Waals surface area contributed by atoms with Gasteiger partial charge in [-0.1, -0.05) is 75.6 Å². The van der Waals surface area contributed by atoms with Gasteiger partial charge in [0.05, 0.1) is 0 Å². The fourth-order valence-electron chi connectivity index (χ4n) is 1.43. The first-order valence-electron chi connectivity index (χ1n) is 8.40. The summed E-state index contributed by atoms with van der Waals surface area (Å²) in [4.78, 5) is 0. The Bertz CT molecular complexity index is 499. The van der Waals surface area contributed by atoms with Crippen molar-refractivity contribution >= 4 is 0 Å². The summed E-state index contributed by atoms with van der Waals surface area (Å²) in [6, 6.07) is 6.13. The highest BCUT2D eigenvalue weighted by Gasteiger charge is 1.89. The molecule has 0 heterocycles. The second kappa shape index (κ2) is 18.1. The number of hydrogen-bond donors (Lipinski definition) is 0. The molecule has 0 heteroatoms. The zero-order chi connectivity index (χ0) is 18.8. The molecule has 128 valence electrons. The molecule has 0 spiro atoms. The molecule has 0 N–H and O–H groups in total. The third kappa shape index (κ3) is 18.0. The largest absolute Gasteiger partial charge is 0.115 e. The van der Waals surface area contributed by atoms with E-state index in [2.05, 4.69) is 37.6 Å². The lowest BCUT2D eigenvalue weighted by Crippen LogP contribution is -1.79. The first kappa shape index (κ1) is 25.9. The number of benzene rings is 1. The minimum absolute atomic E-state index is 0.970. The SMILES string of the molecule is C#Cc1cc(C)cc(C)c1.C=C(C)/C=C\C(C)=C/C.CC.CC. The van der Waals surface area contributed by atoms with Gasteiger partial charge < -0.3 is 0 Å². The molecule has 23 heavy (non-hydrogen) atoms. The molecule has 1 aromatic carbocycles. The summed E-state index contributed by atoms with van der Waals surface area (Å²) in [5.41, 5.74) is 5.80. The fraction of sp³-hybridized carbons (Fsp3) is 0.391. The van der Waals surface area contributed by atoms with Gasteiger partial charge in [-0.2, -0.15) is 0 Å². The molecule has 0 bridgehead atoms. The van der Waals surface area contributed by atoms with Crippen molar-refractivity contribution in [2.45, 2.75) is 62.3 Å². The zero-order valence-electron chi connectivity index (χ0n) is 16.7. The average Bonchev–Trinajstić information content (AvgIpc) is 2.56. The van der Waals surface area contributed by atoms with Crippen LogP contribution < -0.4 is 0 Å². The fourth-order valence-corrected chi connectivity index (χ4v) is 1.43. The van der Waals surface area contributed by atoms with E-state index in [4.69, 9.17) is 6.42 Å². The van der Waals surface area contributed by atoms with E-state index in [0.29, 0.717) is 0 Å². The molecule has 0 amide bonds. The van der Waals surface area contributed by atoms with Gasteiger partial charge in [-0.15, -0.1) is 6.42 Å². The Hall–Kier alpha value is -2.00. The quantitative estimate of drug-likeness (QED) is 0.393. The molecule has 0 fully saturated rings. The van der Waals surface area contributed by atoms with E-state index in [1.54, 1.807) is 0 Å². The molecule has 1 rings (SSSR count). The van der Waals surface area contributed by atoms with E-state index in [9.17, 15) is 0 Å². The van der Waals surface area contributed by atoms with Crippen molar-refractivity contribution in [1.29, 1.82) is 0 Å². The molecular formula is C23H36. The highest BCUT2D eigenvalue weighted by molar-refractivity contribution is 5.38. The normalized spacial score (nSPS) is 9.30. The van der Waals surface area contributed by atoms with E-state index in [0.717, 1.165) is 11.1 Å². The lowest BCUT2D eigenvalue weighted by Gasteiger charge is -1.96. The van der Waals surface area contributed by atoms with Gasteiger partial charge in [0.25, 0.3) is 0 Å². The Morgan fingerprint density at radius 2 is 1.39 bits per heavy atom. The van der Waals surface area contributed by atoms with Gasteiger partial charge in [-0.25, -0.2) is 0 Å². The summed E-state index contributed by atoms with van der Waals surface area (Å²) in [5.74, 6) is 2.61. The van der Waals surface area contributed by atoms with Crippen LogP contribution in [0.2, 0.25) is 0 Å². The molecule has 0 atom stereocenters. The topological polar surface area (TPSA) is 0 Å². The van der Waals surface area contributed by atoms with Gasteiger partial charge >= 0.3 is 0 Å². The lowest BCUT2D eigenvalue weighted by molar-refractivity contribution is 1.37. The summed E-state index contributed by atoms with van der Waals surface area (Å²) < 4.78 is 0. The van der Waals surface area contributed by atoms with Crippen LogP contribution in [0.25, 0.3) is 0 Å². The van der Waals surface area contributed by atoms with Crippen molar-refractivity contribution in [1.82, 2.24) is 0 Å². The Kier molecular flexibility index (Phi) is 20.3. The first-order valence-corrected chi connectivity index (χ1v) is 8.40. The second-order valence-electron chi connectivity index (χ2n) is 4.73. The Balaban J connectivity index is -0.000000287. The van der Waals surface area contributed by atoms with Gasteiger partial charge in [0.15, 0.2) is 0 Å². The molecule has 0 aliphatic rings. The van der Waals surface area contributed by atoms with Crippen molar-refractivity contribution in [3.63, 3.8) is 0 Å². The lowest BCUT2D eigenvalue weighted by atomic mass is 10.1. The van der Waals surface area contributed by atoms with Gasteiger partial charge in [0, 0.05) is 5.56 Å². The average molecular weight is 313 g/mol. The standard InChI is InChI=1S/C10H10.C9H14.2C2H6/c1-4-10-6-8(2)5-9(3)7-10;1-5-9(4)7-6-8(2)3;2*1-2/h1,5-7H,2-3H3;5-7H,2H2,1,3-4H3;2*1-2H3/b;7-6-,9-5-;;. The smallest absolute Gasteiger partial charge is 0.0247 e. The number of aryl methyl sites for hydroxylation is 2. The summed E-state index contributed by atoms with van der Waals surface area (Å²) in [5, 5.41) is 0. The summed E-state index contributed by atoms with van der Waals surface area (Å²) in [7, 11) is 0. The molecule has 0 saturated carbocycles. The predicted octanol–water partition coefficient (Wildman–Crippen LogP) is 7.42. The van der Waals surface area contributed by atoms with Gasteiger partial charge in [0.2, 0.25) is 0 Å². The first-order chi connectivity index (χ1) is 10.9. The summed E-state index contributed by atoms with van der Waals surface area (Å²) >= 11 is 0. The van der Waals surface area contributed by atoms with E-state index in [1.165, 1.54) is 16.7 Å². The maximum absolute atomic E-state index is 5.24. The molecule has 0 aromatic heterocycles. The minimum atomic E-state index is 0.970. The second-order valence-corrected chi connectivity index (χ2v) is 4.73. The third-order valence-corrected chi connectivity index (χ3v) is 2.47. The molecule has 0 nitrogen and oxygen atoms in total. The Labute approximate surface area is 146 Å². The van der Waals surface area contributed by atoms with Crippen molar-refractivity contribution in [2.75, 3.05) is 0 Å². The van der Waals surface area contributed by atoms with Crippen LogP contribution in [0.15, 0.2) is 54.2 Å². The number of hydrogen-bond acceptors (Lipinski definition) is 0. The van der Waals surface area contributed by atoms with Crippen molar-refractivity contribution in [3.05, 3.63) is 70.8 Å². The number of allylic oxidation sites excluding steroid dienone is 5. The number of terminal acetylenes is 1. The van der Waals surface area contributed by atoms with Crippen LogP contribution in [-0.2, 0) is 0 Å². The van der Waals surface area contributed by atoms with E-state index in [1.807, 2.05) is 73.6 Å². The van der Waals surface area contributed by atoms with Crippen LogP contribution >= 0.6 is 0 Å². The summed E-state index contributed by atoms with van der Waals surface area (Å²) in [6.07, 6.45) is 11.4. The van der Waals surface area contributed by atoms with Crippen LogP contribution in [0.1, 0.15) is 65.2 Å². The highest BCUT2D eigenvalue weighted by Crippen LogP contribution is 2.06. The third-order valence-electron chi connectivity index (χ3n) is 2.47. The van der Waals surface area contributed by atoms with Crippen molar-refractivity contribution in [3.8, 4) is 12.3 Å². The van der Waals surface area contributed by atoms with Crippen molar-refractivity contribution in [2.24, 2.45) is 0 Å². The molecule has 0 aliphatic heterocycles. The molecule has 0 radical (unpaired) electrons. The maximum atomic E-state index is 5.24. The van der Waals surface area contributed by atoms with E-state index < -0.39 is 0 Å². The maximum Gasteiger partial charge on any atom is 0.0247 e. The predicted molar refractivity (Wildman–Crippen MR) is 110 cm³/mol. The molecule has 0 unspecified atom stereocenters. The molecule has 1 aromatic rings. The van der Waals surface area contributed by atoms with Crippen LogP contribution in [0.4, 0.5) is 0 Å². The van der Waals surface area contributed by atoms with Crippen LogP contribution in [-0.4, -0.2) is 0 Å². The van der Waals surface area contributed by atoms with Crippen LogP contribution in [0, 0.1) is 26.2 Å². The van der Waals surface area contributed by atoms with Gasteiger partial charge in [-0.3, -0.25) is 0 Å². The molecular weight excluding hydrogens is 276 g/mol. The monoisotopic (exact) mass is 312 g/mol. The van der Waals surface area contributed by atoms with Gasteiger partial charge in [-0.05, 0) is 57.9 Å². The Morgan fingerprint density at radius 3 is 1.70 bits per heavy atom. The number of rotatable bonds is 2. The van der Waals surface area contributed by atoms with Crippen LogP contribution in [0.5, 0.6) is 0 Å².